The van der Waals surface area contributed by atoms with Gasteiger partial charge in [0.2, 0.25) is 0 Å². The molecule has 19 heavy (non-hydrogen) atoms. The van der Waals surface area contributed by atoms with E-state index in [2.05, 4.69) is 6.55 Å². The molecule has 0 bridgehead atoms. The minimum atomic E-state index is -2.43. The summed E-state index contributed by atoms with van der Waals surface area (Å²) >= 11 is 0. The van der Waals surface area contributed by atoms with Crippen LogP contribution in [0.3, 0.4) is 0 Å². The second kappa shape index (κ2) is 10.6. The first-order valence-corrected chi connectivity index (χ1v) is 13.0. The summed E-state index contributed by atoms with van der Waals surface area (Å²) in [4.78, 5) is 0. The van der Waals surface area contributed by atoms with Crippen LogP contribution in [0.25, 0.3) is 0 Å². The second-order valence-electron chi connectivity index (χ2n) is 4.03. The van der Waals surface area contributed by atoms with Crippen LogP contribution in [0.1, 0.15) is 6.42 Å². The minimum Gasteiger partial charge on any atom is -0.398 e. The molecule has 0 aromatic rings. The van der Waals surface area contributed by atoms with E-state index in [0.29, 0.717) is 0 Å². The van der Waals surface area contributed by atoms with E-state index < -0.39 is 17.4 Å². The van der Waals surface area contributed by atoms with Gasteiger partial charge in [-0.2, -0.15) is 0 Å². The van der Waals surface area contributed by atoms with Gasteiger partial charge >= 0.3 is 17.4 Å². The lowest BCUT2D eigenvalue weighted by molar-refractivity contribution is 0.131. The van der Waals surface area contributed by atoms with E-state index in [4.69, 9.17) is 22.1 Å². The van der Waals surface area contributed by atoms with Crippen molar-refractivity contribution >= 4 is 39.0 Å². The minimum absolute atomic E-state index is 0.754. The zero-order valence-electron chi connectivity index (χ0n) is 12.7. The van der Waals surface area contributed by atoms with Gasteiger partial charge in [0.25, 0.3) is 0 Å². The van der Waals surface area contributed by atoms with E-state index in [1.54, 1.807) is 46.3 Å². The molecular formula is C10H26O5S2Si2. The molecule has 0 spiro atoms. The molecule has 0 radical (unpaired) electrons. The average molecular weight is 347 g/mol. The maximum absolute atomic E-state index is 5.45. The normalized spacial score (nSPS) is 12.9. The Morgan fingerprint density at radius 1 is 0.789 bits per heavy atom. The average Bonchev–Trinajstić information content (AvgIpc) is 2.47. The van der Waals surface area contributed by atoms with Gasteiger partial charge in [0.15, 0.2) is 0 Å². The highest BCUT2D eigenvalue weighted by Gasteiger charge is 2.37. The summed E-state index contributed by atoms with van der Waals surface area (Å²) in [5, 5.41) is 0.754. The summed E-state index contributed by atoms with van der Waals surface area (Å²) in [6.45, 7) is 2.09. The van der Waals surface area contributed by atoms with Crippen molar-refractivity contribution in [2.24, 2.45) is 0 Å². The Kier molecular flexibility index (Phi) is 11.2. The third-order valence-electron chi connectivity index (χ3n) is 2.97. The first-order chi connectivity index (χ1) is 9.01. The lowest BCUT2D eigenvalue weighted by Gasteiger charge is -2.24. The van der Waals surface area contributed by atoms with Crippen LogP contribution in [0.4, 0.5) is 0 Å². The van der Waals surface area contributed by atoms with E-state index in [-0.39, 0.29) is 0 Å². The maximum atomic E-state index is 5.45. The Labute approximate surface area is 127 Å². The quantitative estimate of drug-likeness (QED) is 0.306. The molecule has 0 unspecified atom stereocenters. The fourth-order valence-corrected chi connectivity index (χ4v) is 8.95. The van der Waals surface area contributed by atoms with E-state index in [1.165, 1.54) is 0 Å². The van der Waals surface area contributed by atoms with Crippen molar-refractivity contribution in [3.63, 3.8) is 0 Å². The molecule has 0 heterocycles. The summed E-state index contributed by atoms with van der Waals surface area (Å²) < 4.78 is 27.0. The van der Waals surface area contributed by atoms with Gasteiger partial charge in [-0.3, -0.25) is 0 Å². The van der Waals surface area contributed by atoms with Crippen molar-refractivity contribution in [3.8, 4) is 0 Å². The molecule has 0 saturated heterocycles. The Morgan fingerprint density at radius 2 is 1.32 bits per heavy atom. The van der Waals surface area contributed by atoms with Gasteiger partial charge in [0.1, 0.15) is 0 Å². The van der Waals surface area contributed by atoms with Gasteiger partial charge in [-0.15, -0.1) is 0 Å². The third-order valence-corrected chi connectivity index (χ3v) is 12.4. The number of rotatable bonds is 12. The Balaban J connectivity index is 3.76. The molecule has 0 saturated carbocycles. The van der Waals surface area contributed by atoms with Gasteiger partial charge < -0.3 is 22.1 Å². The highest BCUT2D eigenvalue weighted by molar-refractivity contribution is 8.77. The molecule has 0 atom stereocenters. The molecule has 0 aliphatic rings. The predicted molar refractivity (Wildman–Crippen MR) is 86.8 cm³/mol. The van der Waals surface area contributed by atoms with Crippen LogP contribution in [0.15, 0.2) is 0 Å². The van der Waals surface area contributed by atoms with Crippen LogP contribution >= 0.6 is 21.6 Å². The molecule has 0 aliphatic carbocycles. The van der Waals surface area contributed by atoms with Gasteiger partial charge in [-0.1, -0.05) is 21.6 Å². The first kappa shape index (κ1) is 19.9. The van der Waals surface area contributed by atoms with Crippen molar-refractivity contribution in [1.29, 1.82) is 0 Å². The van der Waals surface area contributed by atoms with Crippen LogP contribution in [0.2, 0.25) is 12.6 Å². The van der Waals surface area contributed by atoms with Crippen molar-refractivity contribution in [2.45, 2.75) is 19.0 Å². The third kappa shape index (κ3) is 7.48. The summed E-state index contributed by atoms with van der Waals surface area (Å²) in [7, 11) is 7.59. The Hall–Kier alpha value is 0.934. The predicted octanol–water partition coefficient (Wildman–Crippen LogP) is 2.54. The topological polar surface area (TPSA) is 46.2 Å². The summed E-state index contributed by atoms with van der Waals surface area (Å²) in [5.41, 5.74) is 0. The molecule has 0 fully saturated rings. The van der Waals surface area contributed by atoms with E-state index in [0.717, 1.165) is 23.6 Å². The van der Waals surface area contributed by atoms with Gasteiger partial charge in [-0.25, -0.2) is 0 Å². The molecule has 0 N–H and O–H groups in total. The molecule has 0 aromatic carbocycles. The standard InChI is InChI=1S/C10H26O5S2Si2/c1-11-18(6,12-2)9-7-8-16-17-10-19(13-3,14-4)15-5/h7-10H2,1-6H3. The van der Waals surface area contributed by atoms with Crippen molar-refractivity contribution in [2.75, 3.05) is 46.7 Å². The smallest absolute Gasteiger partial charge is 0.398 e. The lowest BCUT2D eigenvalue weighted by atomic mass is 10.6. The molecule has 9 heteroatoms. The molecule has 5 nitrogen and oxygen atoms in total. The SMILES string of the molecule is CO[Si](C)(CCCSSC[Si](OC)(OC)OC)OC. The molecule has 0 rings (SSSR count). The van der Waals surface area contributed by atoms with Crippen molar-refractivity contribution < 1.29 is 22.1 Å². The summed E-state index contributed by atoms with van der Waals surface area (Å²) in [6.07, 6.45) is 1.09. The molecule has 116 valence electrons. The van der Waals surface area contributed by atoms with Crippen LogP contribution < -0.4 is 0 Å². The second-order valence-corrected chi connectivity index (χ2v) is 13.6. The van der Waals surface area contributed by atoms with Gasteiger partial charge in [-0.05, 0) is 19.0 Å². The van der Waals surface area contributed by atoms with Crippen LogP contribution in [0.5, 0.6) is 0 Å². The van der Waals surface area contributed by atoms with E-state index >= 15 is 0 Å². The first-order valence-electron chi connectivity index (χ1n) is 6.01. The number of hydrogen-bond donors (Lipinski definition) is 0. The Morgan fingerprint density at radius 3 is 1.74 bits per heavy atom. The highest BCUT2D eigenvalue weighted by Crippen LogP contribution is 2.28. The summed E-state index contributed by atoms with van der Waals surface area (Å²) in [5.74, 6) is 1.06. The summed E-state index contributed by atoms with van der Waals surface area (Å²) in [6, 6.07) is 1.01. The van der Waals surface area contributed by atoms with E-state index in [9.17, 15) is 0 Å². The zero-order chi connectivity index (χ0) is 14.8. The van der Waals surface area contributed by atoms with Crippen molar-refractivity contribution in [3.05, 3.63) is 0 Å². The molecule has 0 amide bonds. The monoisotopic (exact) mass is 346 g/mol. The van der Waals surface area contributed by atoms with Crippen molar-refractivity contribution in [1.82, 2.24) is 0 Å². The Bertz CT molecular complexity index is 220. The van der Waals surface area contributed by atoms with Crippen LogP contribution in [0, 0.1) is 0 Å². The molecular weight excluding hydrogens is 320 g/mol. The van der Waals surface area contributed by atoms with Crippen LogP contribution in [-0.4, -0.2) is 64.0 Å². The molecule has 0 aromatic heterocycles. The maximum Gasteiger partial charge on any atom is 0.511 e. The van der Waals surface area contributed by atoms with Gasteiger partial charge in [0.05, 0.1) is 5.38 Å². The van der Waals surface area contributed by atoms with E-state index in [1.807, 2.05) is 10.8 Å². The highest BCUT2D eigenvalue weighted by atomic mass is 33.1. The fraction of sp³-hybridized carbons (Fsp3) is 1.00. The number of hydrogen-bond acceptors (Lipinski definition) is 7. The molecule has 0 aliphatic heterocycles. The zero-order valence-corrected chi connectivity index (χ0v) is 16.3. The lowest BCUT2D eigenvalue weighted by Crippen LogP contribution is -2.45. The largest absolute Gasteiger partial charge is 0.511 e. The van der Waals surface area contributed by atoms with Gasteiger partial charge in [0, 0.05) is 41.3 Å². The van der Waals surface area contributed by atoms with Crippen LogP contribution in [-0.2, 0) is 22.1 Å². The fourth-order valence-electron chi connectivity index (χ4n) is 1.34.